The lowest BCUT2D eigenvalue weighted by molar-refractivity contribution is -0.143. The van der Waals surface area contributed by atoms with Crippen LogP contribution in [0, 0.1) is 17.7 Å². The van der Waals surface area contributed by atoms with E-state index in [1.54, 1.807) is 25.1 Å². The van der Waals surface area contributed by atoms with Crippen LogP contribution in [-0.4, -0.2) is 33.6 Å². The fourth-order valence-corrected chi connectivity index (χ4v) is 4.58. The van der Waals surface area contributed by atoms with Crippen molar-refractivity contribution in [3.05, 3.63) is 52.5 Å². The number of benzene rings is 2. The van der Waals surface area contributed by atoms with Gasteiger partial charge in [0.15, 0.2) is 0 Å². The van der Waals surface area contributed by atoms with E-state index in [-0.39, 0.29) is 17.5 Å². The monoisotopic (exact) mass is 461 g/mol. The van der Waals surface area contributed by atoms with Crippen molar-refractivity contribution in [1.82, 2.24) is 9.97 Å². The Kier molecular flexibility index (Phi) is 6.04. The summed E-state index contributed by atoms with van der Waals surface area (Å²) in [5.41, 5.74) is 1.73. The first kappa shape index (κ1) is 21.8. The number of carboxylic acid groups (broad SMARTS) is 1. The molecule has 3 aromatic rings. The van der Waals surface area contributed by atoms with Crippen LogP contribution in [0.1, 0.15) is 26.7 Å². The van der Waals surface area contributed by atoms with Gasteiger partial charge in [-0.3, -0.25) is 4.79 Å². The van der Waals surface area contributed by atoms with E-state index < -0.39 is 17.7 Å². The highest BCUT2D eigenvalue weighted by atomic mass is 35.5. The van der Waals surface area contributed by atoms with Gasteiger partial charge in [-0.2, -0.15) is 0 Å². The molecule has 8 heteroatoms. The first-order valence-corrected chi connectivity index (χ1v) is 10.9. The SMILES string of the molecule is CC(C(=O)O)C1CCC(C)N(c2ncnc3c(F)ccc(-c4ccc(Cl)c(Cl)c4)c23)C1. The summed E-state index contributed by atoms with van der Waals surface area (Å²) in [6.07, 6.45) is 3.00. The van der Waals surface area contributed by atoms with Crippen molar-refractivity contribution in [3.63, 3.8) is 0 Å². The maximum absolute atomic E-state index is 14.7. The lowest BCUT2D eigenvalue weighted by atomic mass is 9.84. The summed E-state index contributed by atoms with van der Waals surface area (Å²) in [6.45, 7) is 4.34. The van der Waals surface area contributed by atoms with Gasteiger partial charge in [-0.05, 0) is 55.0 Å². The molecule has 0 amide bonds. The first-order valence-electron chi connectivity index (χ1n) is 10.2. The molecule has 1 aliphatic heterocycles. The third-order valence-corrected chi connectivity index (χ3v) is 6.98. The number of nitrogens with zero attached hydrogens (tertiary/aromatic N) is 3. The summed E-state index contributed by atoms with van der Waals surface area (Å²) in [4.78, 5) is 22.4. The highest BCUT2D eigenvalue weighted by Gasteiger charge is 2.33. The normalized spacial score (nSPS) is 20.1. The third-order valence-electron chi connectivity index (χ3n) is 6.24. The number of carboxylic acids is 1. The number of anilines is 1. The Morgan fingerprint density at radius 1 is 1.19 bits per heavy atom. The fraction of sp³-hybridized carbons (Fsp3) is 0.348. The Labute approximate surface area is 189 Å². The van der Waals surface area contributed by atoms with Crippen molar-refractivity contribution in [2.45, 2.75) is 32.7 Å². The predicted molar refractivity (Wildman–Crippen MR) is 121 cm³/mol. The van der Waals surface area contributed by atoms with Gasteiger partial charge >= 0.3 is 5.97 Å². The number of aliphatic carboxylic acids is 1. The summed E-state index contributed by atoms with van der Waals surface area (Å²) in [5, 5.41) is 10.9. The molecule has 1 fully saturated rings. The number of piperidine rings is 1. The minimum atomic E-state index is -0.811. The van der Waals surface area contributed by atoms with Crippen LogP contribution >= 0.6 is 23.2 Å². The van der Waals surface area contributed by atoms with Crippen LogP contribution < -0.4 is 4.90 Å². The van der Waals surface area contributed by atoms with Gasteiger partial charge in [-0.1, -0.05) is 42.3 Å². The average molecular weight is 462 g/mol. The van der Waals surface area contributed by atoms with Crippen LogP contribution in [0.4, 0.5) is 10.2 Å². The van der Waals surface area contributed by atoms with Crippen LogP contribution in [0.2, 0.25) is 10.0 Å². The quantitative estimate of drug-likeness (QED) is 0.510. The van der Waals surface area contributed by atoms with Gasteiger partial charge in [-0.15, -0.1) is 0 Å². The molecule has 0 bridgehead atoms. The Morgan fingerprint density at radius 3 is 2.68 bits per heavy atom. The van der Waals surface area contributed by atoms with E-state index in [1.807, 2.05) is 6.07 Å². The van der Waals surface area contributed by atoms with E-state index in [1.165, 1.54) is 12.4 Å². The van der Waals surface area contributed by atoms with Crippen molar-refractivity contribution >= 4 is 45.9 Å². The highest BCUT2D eigenvalue weighted by Crippen LogP contribution is 2.40. The zero-order valence-electron chi connectivity index (χ0n) is 17.1. The molecule has 1 aromatic heterocycles. The summed E-state index contributed by atoms with van der Waals surface area (Å²) >= 11 is 12.3. The van der Waals surface area contributed by atoms with E-state index in [9.17, 15) is 14.3 Å². The summed E-state index contributed by atoms with van der Waals surface area (Å²) in [5.74, 6) is -1.16. The zero-order chi connectivity index (χ0) is 22.3. The summed E-state index contributed by atoms with van der Waals surface area (Å²) in [7, 11) is 0. The number of halogens is 3. The Bertz CT molecular complexity index is 1160. The predicted octanol–water partition coefficient (Wildman–Crippen LogP) is 6.07. The molecule has 1 aliphatic rings. The number of hydrogen-bond donors (Lipinski definition) is 1. The largest absolute Gasteiger partial charge is 0.481 e. The molecule has 3 atom stereocenters. The van der Waals surface area contributed by atoms with Gasteiger partial charge in [0.25, 0.3) is 0 Å². The van der Waals surface area contributed by atoms with Crippen molar-refractivity contribution in [1.29, 1.82) is 0 Å². The maximum Gasteiger partial charge on any atom is 0.306 e. The molecule has 162 valence electrons. The zero-order valence-corrected chi connectivity index (χ0v) is 18.7. The molecule has 0 aliphatic carbocycles. The number of hydrogen-bond acceptors (Lipinski definition) is 4. The van der Waals surface area contributed by atoms with Gasteiger partial charge in [0.1, 0.15) is 23.5 Å². The number of fused-ring (bicyclic) bond motifs is 1. The second kappa shape index (κ2) is 8.60. The van der Waals surface area contributed by atoms with Crippen molar-refractivity contribution in [2.24, 2.45) is 11.8 Å². The lowest BCUT2D eigenvalue weighted by Crippen LogP contribution is -2.45. The lowest BCUT2D eigenvalue weighted by Gasteiger charge is -2.40. The molecule has 31 heavy (non-hydrogen) atoms. The van der Waals surface area contributed by atoms with E-state index in [2.05, 4.69) is 21.8 Å². The minimum absolute atomic E-state index is 0.0271. The van der Waals surface area contributed by atoms with Crippen LogP contribution in [0.15, 0.2) is 36.7 Å². The molecule has 5 nitrogen and oxygen atoms in total. The fourth-order valence-electron chi connectivity index (χ4n) is 4.29. The van der Waals surface area contributed by atoms with Crippen molar-refractivity contribution < 1.29 is 14.3 Å². The van der Waals surface area contributed by atoms with Gasteiger partial charge in [0, 0.05) is 12.6 Å². The molecule has 2 aromatic carbocycles. The van der Waals surface area contributed by atoms with Gasteiger partial charge in [-0.25, -0.2) is 14.4 Å². The standard InChI is InChI=1S/C23H22Cl2FN3O2/c1-12-3-4-15(13(2)23(30)31)10-29(12)22-20-16(14-5-7-17(24)18(25)9-14)6-8-19(26)21(20)27-11-28-22/h5-9,11-13,15H,3-4,10H2,1-2H3,(H,30,31). The van der Waals surface area contributed by atoms with Gasteiger partial charge in [0.2, 0.25) is 0 Å². The molecule has 2 heterocycles. The molecule has 1 N–H and O–H groups in total. The smallest absolute Gasteiger partial charge is 0.306 e. The summed E-state index contributed by atoms with van der Waals surface area (Å²) < 4.78 is 14.7. The number of rotatable bonds is 4. The third kappa shape index (κ3) is 4.06. The number of aromatic nitrogens is 2. The van der Waals surface area contributed by atoms with Crippen LogP contribution in [0.5, 0.6) is 0 Å². The molecular weight excluding hydrogens is 440 g/mol. The second-order valence-electron chi connectivity index (χ2n) is 8.11. The van der Waals surface area contributed by atoms with E-state index in [0.29, 0.717) is 27.8 Å². The molecule has 3 unspecified atom stereocenters. The molecule has 0 saturated carbocycles. The second-order valence-corrected chi connectivity index (χ2v) is 8.92. The van der Waals surface area contributed by atoms with Crippen LogP contribution in [-0.2, 0) is 4.79 Å². The molecule has 4 rings (SSSR count). The average Bonchev–Trinajstić information content (AvgIpc) is 2.76. The van der Waals surface area contributed by atoms with Crippen molar-refractivity contribution in [3.8, 4) is 11.1 Å². The van der Waals surface area contributed by atoms with Crippen molar-refractivity contribution in [2.75, 3.05) is 11.4 Å². The van der Waals surface area contributed by atoms with E-state index in [0.717, 1.165) is 24.0 Å². The van der Waals surface area contributed by atoms with E-state index >= 15 is 0 Å². The molecule has 0 radical (unpaired) electrons. The molecule has 0 spiro atoms. The molecule has 1 saturated heterocycles. The Morgan fingerprint density at radius 2 is 1.97 bits per heavy atom. The minimum Gasteiger partial charge on any atom is -0.481 e. The van der Waals surface area contributed by atoms with Crippen LogP contribution in [0.3, 0.4) is 0 Å². The maximum atomic E-state index is 14.7. The van der Waals surface area contributed by atoms with Crippen LogP contribution in [0.25, 0.3) is 22.0 Å². The van der Waals surface area contributed by atoms with E-state index in [4.69, 9.17) is 23.2 Å². The first-order chi connectivity index (χ1) is 14.8. The Balaban J connectivity index is 1.89. The van der Waals surface area contributed by atoms with Gasteiger partial charge in [0.05, 0.1) is 21.3 Å². The topological polar surface area (TPSA) is 66.3 Å². The number of carbonyl (C=O) groups is 1. The Hall–Kier alpha value is -2.44. The van der Waals surface area contributed by atoms with Gasteiger partial charge < -0.3 is 10.0 Å². The highest BCUT2D eigenvalue weighted by molar-refractivity contribution is 6.42. The molecular formula is C23H22Cl2FN3O2. The summed E-state index contributed by atoms with van der Waals surface area (Å²) in [6, 6.07) is 8.46.